The summed E-state index contributed by atoms with van der Waals surface area (Å²) in [4.78, 5) is 30.7. The molecule has 3 fully saturated rings. The summed E-state index contributed by atoms with van der Waals surface area (Å²) in [5, 5.41) is 7.09. The third kappa shape index (κ3) is 3.09. The molecule has 6 heterocycles. The molecule has 2 aromatic heterocycles. The molecule has 1 N–H and O–H groups in total. The molecule has 4 aliphatic rings. The van der Waals surface area contributed by atoms with Crippen molar-refractivity contribution in [3.05, 3.63) is 51.7 Å². The molecule has 8 heteroatoms. The van der Waals surface area contributed by atoms with Gasteiger partial charge in [-0.1, -0.05) is 0 Å². The molecule has 0 unspecified atom stereocenters. The number of aromatic nitrogens is 3. The van der Waals surface area contributed by atoms with E-state index in [1.54, 1.807) is 12.3 Å². The molecule has 158 valence electrons. The van der Waals surface area contributed by atoms with Crippen LogP contribution in [0.15, 0.2) is 29.2 Å². The number of hydrogen-bond acceptors (Lipinski definition) is 5. The Labute approximate surface area is 174 Å². The zero-order chi connectivity index (χ0) is 20.2. The van der Waals surface area contributed by atoms with Gasteiger partial charge in [-0.15, -0.1) is 0 Å². The van der Waals surface area contributed by atoms with Crippen molar-refractivity contribution in [1.29, 1.82) is 0 Å². The van der Waals surface area contributed by atoms with Gasteiger partial charge in [-0.3, -0.25) is 19.6 Å². The molecular weight excluding hydrogens is 382 g/mol. The van der Waals surface area contributed by atoms with Gasteiger partial charge < -0.3 is 14.2 Å². The van der Waals surface area contributed by atoms with Gasteiger partial charge in [0.15, 0.2) is 0 Å². The molecule has 6 rings (SSSR count). The van der Waals surface area contributed by atoms with Crippen LogP contribution in [-0.2, 0) is 17.8 Å². The van der Waals surface area contributed by atoms with Gasteiger partial charge >= 0.3 is 0 Å². The molecule has 4 aliphatic heterocycles. The van der Waals surface area contributed by atoms with Crippen LogP contribution in [0, 0.1) is 5.92 Å². The fourth-order valence-electron chi connectivity index (χ4n) is 5.90. The number of rotatable bonds is 3. The third-order valence-corrected chi connectivity index (χ3v) is 7.19. The lowest BCUT2D eigenvalue weighted by molar-refractivity contribution is -0.0304. The Hall–Kier alpha value is -2.45. The summed E-state index contributed by atoms with van der Waals surface area (Å²) in [6.07, 6.45) is 5.18. The number of hydrogen-bond donors (Lipinski definition) is 1. The molecule has 8 nitrogen and oxygen atoms in total. The second-order valence-corrected chi connectivity index (χ2v) is 9.33. The van der Waals surface area contributed by atoms with E-state index in [1.807, 2.05) is 21.6 Å². The average molecular weight is 409 g/mol. The number of aromatic amines is 1. The highest BCUT2D eigenvalue weighted by atomic mass is 16.5. The summed E-state index contributed by atoms with van der Waals surface area (Å²) in [6, 6.07) is 5.80. The number of likely N-dealkylation sites (tertiary alicyclic amines) is 2. The summed E-state index contributed by atoms with van der Waals surface area (Å²) in [5.74, 6) is 0.630. The van der Waals surface area contributed by atoms with E-state index in [2.05, 4.69) is 15.1 Å². The highest BCUT2D eigenvalue weighted by molar-refractivity contribution is 5.94. The Morgan fingerprint density at radius 1 is 1.10 bits per heavy atom. The first-order valence-corrected chi connectivity index (χ1v) is 11.0. The molecule has 30 heavy (non-hydrogen) atoms. The molecule has 4 atom stereocenters. The molecule has 1 amide bonds. The van der Waals surface area contributed by atoms with E-state index in [0.29, 0.717) is 37.0 Å². The van der Waals surface area contributed by atoms with Crippen molar-refractivity contribution in [3.8, 4) is 0 Å². The van der Waals surface area contributed by atoms with Crippen LogP contribution in [0.4, 0.5) is 0 Å². The minimum atomic E-state index is -0.132. The summed E-state index contributed by atoms with van der Waals surface area (Å²) in [5.41, 5.74) is 2.39. The van der Waals surface area contributed by atoms with Crippen molar-refractivity contribution in [2.45, 2.75) is 50.5 Å². The Kier molecular flexibility index (Phi) is 4.31. The highest BCUT2D eigenvalue weighted by Crippen LogP contribution is 2.36. The van der Waals surface area contributed by atoms with E-state index in [1.165, 1.54) is 0 Å². The fourth-order valence-corrected chi connectivity index (χ4v) is 5.90. The minimum absolute atomic E-state index is 0.118. The number of nitrogens with one attached hydrogen (secondary N) is 1. The number of nitrogens with zero attached hydrogens (tertiary/aromatic N) is 4. The summed E-state index contributed by atoms with van der Waals surface area (Å²) in [6.45, 7) is 4.64. The SMILES string of the molecule is O=C(c1ccc2n(c1=O)C[C@H]1C[C@@H]2CN(Cc2ccn[nH]2)C1)N1C[C@H]2CC[C@@H](C1)O2. The van der Waals surface area contributed by atoms with E-state index in [-0.39, 0.29) is 23.7 Å². The summed E-state index contributed by atoms with van der Waals surface area (Å²) in [7, 11) is 0. The highest BCUT2D eigenvalue weighted by Gasteiger charge is 2.38. The van der Waals surface area contributed by atoms with E-state index >= 15 is 0 Å². The lowest BCUT2D eigenvalue weighted by atomic mass is 9.83. The van der Waals surface area contributed by atoms with Gasteiger partial charge in [0.05, 0.1) is 12.2 Å². The van der Waals surface area contributed by atoms with Crippen molar-refractivity contribution in [3.63, 3.8) is 0 Å². The zero-order valence-corrected chi connectivity index (χ0v) is 17.0. The Morgan fingerprint density at radius 2 is 1.93 bits per heavy atom. The zero-order valence-electron chi connectivity index (χ0n) is 17.0. The van der Waals surface area contributed by atoms with E-state index in [4.69, 9.17) is 4.74 Å². The van der Waals surface area contributed by atoms with Gasteiger partial charge in [-0.25, -0.2) is 0 Å². The van der Waals surface area contributed by atoms with Crippen molar-refractivity contribution >= 4 is 5.91 Å². The van der Waals surface area contributed by atoms with Crippen LogP contribution in [0.5, 0.6) is 0 Å². The number of carbonyl (C=O) groups excluding carboxylic acids is 1. The largest absolute Gasteiger partial charge is 0.371 e. The Bertz CT molecular complexity index is 1000. The summed E-state index contributed by atoms with van der Waals surface area (Å²) >= 11 is 0. The molecule has 0 aromatic carbocycles. The van der Waals surface area contributed by atoms with Gasteiger partial charge in [-0.05, 0) is 43.4 Å². The predicted octanol–water partition coefficient (Wildman–Crippen LogP) is 1.19. The molecule has 0 aliphatic carbocycles. The van der Waals surface area contributed by atoms with Crippen molar-refractivity contribution in [2.75, 3.05) is 26.2 Å². The molecule has 3 saturated heterocycles. The number of ether oxygens (including phenoxy) is 1. The number of piperidine rings is 1. The van der Waals surface area contributed by atoms with Gasteiger partial charge in [0, 0.05) is 62.8 Å². The van der Waals surface area contributed by atoms with Gasteiger partial charge in [0.1, 0.15) is 5.56 Å². The van der Waals surface area contributed by atoms with E-state index in [9.17, 15) is 9.59 Å². The maximum Gasteiger partial charge on any atom is 0.263 e. The van der Waals surface area contributed by atoms with Crippen molar-refractivity contribution in [1.82, 2.24) is 24.6 Å². The van der Waals surface area contributed by atoms with Crippen LogP contribution in [0.2, 0.25) is 0 Å². The first-order valence-electron chi connectivity index (χ1n) is 11.0. The maximum absolute atomic E-state index is 13.3. The number of pyridine rings is 1. The second kappa shape index (κ2) is 7.06. The van der Waals surface area contributed by atoms with Gasteiger partial charge in [0.2, 0.25) is 0 Å². The Morgan fingerprint density at radius 3 is 2.70 bits per heavy atom. The van der Waals surface area contributed by atoms with Crippen molar-refractivity contribution in [2.24, 2.45) is 5.92 Å². The van der Waals surface area contributed by atoms with E-state index < -0.39 is 0 Å². The monoisotopic (exact) mass is 409 g/mol. The van der Waals surface area contributed by atoms with Crippen LogP contribution in [0.3, 0.4) is 0 Å². The molecular formula is C22H27N5O3. The quantitative estimate of drug-likeness (QED) is 0.824. The first-order chi connectivity index (χ1) is 14.6. The van der Waals surface area contributed by atoms with Crippen LogP contribution < -0.4 is 5.56 Å². The third-order valence-electron chi connectivity index (χ3n) is 7.19. The number of amides is 1. The second-order valence-electron chi connectivity index (χ2n) is 9.33. The van der Waals surface area contributed by atoms with Gasteiger partial charge in [0.25, 0.3) is 11.5 Å². The van der Waals surface area contributed by atoms with E-state index in [0.717, 1.165) is 50.3 Å². The minimum Gasteiger partial charge on any atom is -0.371 e. The van der Waals surface area contributed by atoms with Crippen LogP contribution in [0.1, 0.15) is 46.9 Å². The maximum atomic E-state index is 13.3. The fraction of sp³-hybridized carbons (Fsp3) is 0.591. The normalized spacial score (nSPS) is 30.3. The summed E-state index contributed by atoms with van der Waals surface area (Å²) < 4.78 is 7.73. The molecule has 0 spiro atoms. The number of carbonyl (C=O) groups is 1. The average Bonchev–Trinajstić information content (AvgIpc) is 3.37. The molecule has 4 bridgehead atoms. The molecule has 0 radical (unpaired) electrons. The van der Waals surface area contributed by atoms with Crippen LogP contribution >= 0.6 is 0 Å². The van der Waals surface area contributed by atoms with Crippen LogP contribution in [-0.4, -0.2) is 68.9 Å². The first kappa shape index (κ1) is 18.3. The molecule has 0 saturated carbocycles. The standard InChI is InChI=1S/C22H27N5O3/c28-21(26-12-17-1-2-18(13-26)30-17)19-3-4-20-15-7-14(9-27(20)22(19)29)8-25(10-15)11-16-5-6-23-24-16/h3-6,14-15,17-18H,1-2,7-13H2,(H,23,24)/t14-,15+,17-,18+/m0/s1. The lowest BCUT2D eigenvalue weighted by Crippen LogP contribution is -2.49. The number of morpholine rings is 1. The predicted molar refractivity (Wildman–Crippen MR) is 109 cm³/mol. The smallest absolute Gasteiger partial charge is 0.263 e. The lowest BCUT2D eigenvalue weighted by Gasteiger charge is -2.42. The number of fused-ring (bicyclic) bond motifs is 6. The van der Waals surface area contributed by atoms with Crippen molar-refractivity contribution < 1.29 is 9.53 Å². The topological polar surface area (TPSA) is 83.5 Å². The van der Waals surface area contributed by atoms with Crippen LogP contribution in [0.25, 0.3) is 0 Å². The number of H-pyrrole nitrogens is 1. The Balaban J connectivity index is 1.24. The van der Waals surface area contributed by atoms with Gasteiger partial charge in [-0.2, -0.15) is 5.10 Å². The molecule has 2 aromatic rings.